The summed E-state index contributed by atoms with van der Waals surface area (Å²) >= 11 is 12.5. The molecule has 29 heavy (non-hydrogen) atoms. The van der Waals surface area contributed by atoms with Gasteiger partial charge in [-0.25, -0.2) is 4.79 Å². The lowest BCUT2D eigenvalue weighted by Gasteiger charge is -2.37. The van der Waals surface area contributed by atoms with Crippen molar-refractivity contribution in [2.24, 2.45) is 5.92 Å². The summed E-state index contributed by atoms with van der Waals surface area (Å²) in [7, 11) is 3.59. The molecule has 2 fully saturated rings. The summed E-state index contributed by atoms with van der Waals surface area (Å²) in [6.45, 7) is 5.28. The number of piperazine rings is 1. The number of benzene rings is 1. The number of carbonyl (C=O) groups is 1. The molecule has 3 rings (SSSR count). The number of hydrogen-bond donors (Lipinski definition) is 1. The Labute approximate surface area is 191 Å². The lowest BCUT2D eigenvalue weighted by Crippen LogP contribution is -2.47. The van der Waals surface area contributed by atoms with E-state index in [0.29, 0.717) is 16.1 Å². The predicted octanol–water partition coefficient (Wildman–Crippen LogP) is 4.76. The first kappa shape index (κ1) is 24.4. The maximum Gasteiger partial charge on any atom is 0.317 e. The van der Waals surface area contributed by atoms with Gasteiger partial charge in [0.2, 0.25) is 0 Å². The van der Waals surface area contributed by atoms with Crippen LogP contribution in [0.1, 0.15) is 32.1 Å². The van der Waals surface area contributed by atoms with Gasteiger partial charge in [-0.15, -0.1) is 12.4 Å². The molecule has 0 bridgehead atoms. The van der Waals surface area contributed by atoms with Crippen molar-refractivity contribution in [2.75, 3.05) is 51.7 Å². The van der Waals surface area contributed by atoms with Crippen LogP contribution in [-0.4, -0.2) is 68.7 Å². The third-order valence-corrected chi connectivity index (χ3v) is 6.89. The Morgan fingerprint density at radius 1 is 1.10 bits per heavy atom. The van der Waals surface area contributed by atoms with Gasteiger partial charge in [-0.1, -0.05) is 29.3 Å². The van der Waals surface area contributed by atoms with E-state index in [1.165, 1.54) is 19.3 Å². The van der Waals surface area contributed by atoms with E-state index < -0.39 is 0 Å². The molecule has 164 valence electrons. The lowest BCUT2D eigenvalue weighted by atomic mass is 9.84. The van der Waals surface area contributed by atoms with Crippen molar-refractivity contribution in [1.29, 1.82) is 0 Å². The van der Waals surface area contributed by atoms with Crippen molar-refractivity contribution in [3.8, 4) is 0 Å². The standard InChI is InChI=1S/C21H32Cl2N4O.ClH/c1-25(2)21(28)24-17-8-6-16(7-9-17)10-11-26-12-14-27(15-13-26)19-5-3-4-18(22)20(19)23;/h3-5,16-17H,6-15H2,1-2H3,(H,24,28);1H. The van der Waals surface area contributed by atoms with Crippen LogP contribution in [0.5, 0.6) is 0 Å². The zero-order valence-corrected chi connectivity index (χ0v) is 19.7. The molecule has 5 nitrogen and oxygen atoms in total. The van der Waals surface area contributed by atoms with Crippen molar-refractivity contribution in [3.05, 3.63) is 28.2 Å². The van der Waals surface area contributed by atoms with E-state index >= 15 is 0 Å². The van der Waals surface area contributed by atoms with E-state index in [1.807, 2.05) is 12.1 Å². The van der Waals surface area contributed by atoms with Crippen LogP contribution in [0.2, 0.25) is 10.0 Å². The molecule has 1 aliphatic heterocycles. The van der Waals surface area contributed by atoms with Crippen molar-refractivity contribution in [1.82, 2.24) is 15.1 Å². The van der Waals surface area contributed by atoms with Crippen LogP contribution in [0.3, 0.4) is 0 Å². The van der Waals surface area contributed by atoms with Crippen LogP contribution in [0, 0.1) is 5.92 Å². The van der Waals surface area contributed by atoms with E-state index in [2.05, 4.69) is 21.2 Å². The zero-order chi connectivity index (χ0) is 20.1. The highest BCUT2D eigenvalue weighted by Crippen LogP contribution is 2.33. The largest absolute Gasteiger partial charge is 0.368 e. The van der Waals surface area contributed by atoms with Gasteiger partial charge >= 0.3 is 6.03 Å². The number of amides is 2. The molecule has 1 N–H and O–H groups in total. The van der Waals surface area contributed by atoms with E-state index in [-0.39, 0.29) is 18.4 Å². The highest BCUT2D eigenvalue weighted by atomic mass is 35.5. The maximum absolute atomic E-state index is 11.8. The fourth-order valence-electron chi connectivity index (χ4n) is 4.21. The molecule has 0 spiro atoms. The van der Waals surface area contributed by atoms with E-state index in [1.54, 1.807) is 19.0 Å². The van der Waals surface area contributed by atoms with E-state index in [9.17, 15) is 4.79 Å². The first-order valence-electron chi connectivity index (χ1n) is 10.3. The summed E-state index contributed by atoms with van der Waals surface area (Å²) in [5.41, 5.74) is 1.05. The van der Waals surface area contributed by atoms with Crippen LogP contribution in [0.15, 0.2) is 18.2 Å². The molecule has 1 aromatic rings. The average molecular weight is 464 g/mol. The Kier molecular flexibility index (Phi) is 9.67. The number of urea groups is 1. The molecule has 2 amide bonds. The van der Waals surface area contributed by atoms with Gasteiger partial charge in [-0.2, -0.15) is 0 Å². The Balaban J connectivity index is 0.00000300. The van der Waals surface area contributed by atoms with Crippen LogP contribution < -0.4 is 10.2 Å². The molecule has 1 aliphatic carbocycles. The van der Waals surface area contributed by atoms with Gasteiger partial charge in [0, 0.05) is 46.3 Å². The first-order valence-corrected chi connectivity index (χ1v) is 11.1. The fraction of sp³-hybridized carbons (Fsp3) is 0.667. The van der Waals surface area contributed by atoms with Gasteiger partial charge in [-0.3, -0.25) is 4.90 Å². The van der Waals surface area contributed by atoms with Gasteiger partial charge in [0.05, 0.1) is 15.7 Å². The fourth-order valence-corrected chi connectivity index (χ4v) is 4.63. The molecule has 0 aromatic heterocycles. The third-order valence-electron chi connectivity index (χ3n) is 6.08. The minimum Gasteiger partial charge on any atom is -0.368 e. The molecule has 8 heteroatoms. The van der Waals surface area contributed by atoms with Gasteiger partial charge in [-0.05, 0) is 56.7 Å². The minimum absolute atomic E-state index is 0. The predicted molar refractivity (Wildman–Crippen MR) is 125 cm³/mol. The number of anilines is 1. The highest BCUT2D eigenvalue weighted by molar-refractivity contribution is 6.43. The normalized spacial score (nSPS) is 22.7. The monoisotopic (exact) mass is 462 g/mol. The summed E-state index contributed by atoms with van der Waals surface area (Å²) in [4.78, 5) is 18.3. The topological polar surface area (TPSA) is 38.8 Å². The van der Waals surface area contributed by atoms with Gasteiger partial charge in [0.1, 0.15) is 0 Å². The molecule has 0 atom stereocenters. The first-order chi connectivity index (χ1) is 13.4. The second kappa shape index (κ2) is 11.5. The quantitative estimate of drug-likeness (QED) is 0.684. The number of rotatable bonds is 5. The van der Waals surface area contributed by atoms with Crippen molar-refractivity contribution < 1.29 is 4.79 Å². The molecule has 0 radical (unpaired) electrons. The molecule has 1 heterocycles. The number of nitrogens with one attached hydrogen (secondary N) is 1. The Morgan fingerprint density at radius 2 is 1.76 bits per heavy atom. The number of nitrogens with zero attached hydrogens (tertiary/aromatic N) is 3. The third kappa shape index (κ3) is 6.81. The molecule has 2 aliphatic rings. The number of hydrogen-bond acceptors (Lipinski definition) is 3. The summed E-state index contributed by atoms with van der Waals surface area (Å²) in [6, 6.07) is 6.23. The smallest absolute Gasteiger partial charge is 0.317 e. The Morgan fingerprint density at radius 3 is 2.38 bits per heavy atom. The highest BCUT2D eigenvalue weighted by Gasteiger charge is 2.24. The Hall–Kier alpha value is -0.880. The second-order valence-corrected chi connectivity index (χ2v) is 9.04. The second-order valence-electron chi connectivity index (χ2n) is 8.25. The zero-order valence-electron chi connectivity index (χ0n) is 17.4. The average Bonchev–Trinajstić information content (AvgIpc) is 2.70. The SMILES string of the molecule is CN(C)C(=O)NC1CCC(CCN2CCN(c3cccc(Cl)c3Cl)CC2)CC1.Cl. The number of halogens is 3. The van der Waals surface area contributed by atoms with Gasteiger partial charge < -0.3 is 15.1 Å². The number of carbonyl (C=O) groups excluding carboxylic acids is 1. The lowest BCUT2D eigenvalue weighted by molar-refractivity contribution is 0.194. The summed E-state index contributed by atoms with van der Waals surface area (Å²) in [5, 5.41) is 4.41. The summed E-state index contributed by atoms with van der Waals surface area (Å²) in [5.74, 6) is 0.785. The van der Waals surface area contributed by atoms with E-state index in [4.69, 9.17) is 23.2 Å². The molecule has 1 aromatic carbocycles. The van der Waals surface area contributed by atoms with E-state index in [0.717, 1.165) is 57.2 Å². The van der Waals surface area contributed by atoms with Crippen LogP contribution >= 0.6 is 35.6 Å². The van der Waals surface area contributed by atoms with Crippen LogP contribution in [0.4, 0.5) is 10.5 Å². The van der Waals surface area contributed by atoms with Crippen molar-refractivity contribution >= 4 is 47.3 Å². The molecule has 1 saturated carbocycles. The van der Waals surface area contributed by atoms with Crippen molar-refractivity contribution in [2.45, 2.75) is 38.1 Å². The van der Waals surface area contributed by atoms with Crippen molar-refractivity contribution in [3.63, 3.8) is 0 Å². The van der Waals surface area contributed by atoms with Crippen LogP contribution in [-0.2, 0) is 0 Å². The molecular weight excluding hydrogens is 431 g/mol. The maximum atomic E-state index is 11.8. The summed E-state index contributed by atoms with van der Waals surface area (Å²) < 4.78 is 0. The molecular formula is C21H33Cl3N4O. The summed E-state index contributed by atoms with van der Waals surface area (Å²) in [6.07, 6.45) is 5.90. The Bertz CT molecular complexity index is 657. The van der Waals surface area contributed by atoms with Crippen LogP contribution in [0.25, 0.3) is 0 Å². The van der Waals surface area contributed by atoms with Gasteiger partial charge in [0.15, 0.2) is 0 Å². The van der Waals surface area contributed by atoms with Gasteiger partial charge in [0.25, 0.3) is 0 Å². The minimum atomic E-state index is 0. The molecule has 0 unspecified atom stereocenters. The molecule has 1 saturated heterocycles.